The van der Waals surface area contributed by atoms with Crippen molar-refractivity contribution in [3.63, 3.8) is 0 Å². The van der Waals surface area contributed by atoms with Gasteiger partial charge in [0.1, 0.15) is 12.4 Å². The molecule has 27 heavy (non-hydrogen) atoms. The quantitative estimate of drug-likeness (QED) is 0.792. The molecule has 0 bridgehead atoms. The Hall–Kier alpha value is -2.54. The van der Waals surface area contributed by atoms with Crippen LogP contribution in [0.15, 0.2) is 24.3 Å². The Balaban J connectivity index is 1.51. The highest BCUT2D eigenvalue weighted by Gasteiger charge is 2.29. The average molecular weight is 386 g/mol. The normalized spacial score (nSPS) is 15.6. The second kappa shape index (κ2) is 7.23. The van der Waals surface area contributed by atoms with E-state index in [1.807, 2.05) is 23.1 Å². The molecule has 0 N–H and O–H groups in total. The Morgan fingerprint density at radius 3 is 2.67 bits per heavy atom. The summed E-state index contributed by atoms with van der Waals surface area (Å²) in [6, 6.07) is 7.98. The van der Waals surface area contributed by atoms with Gasteiger partial charge in [0, 0.05) is 42.2 Å². The van der Waals surface area contributed by atoms with Gasteiger partial charge in [0.25, 0.3) is 5.91 Å². The topological polar surface area (TPSA) is 59.1 Å². The molecule has 4 rings (SSSR count). The van der Waals surface area contributed by atoms with Crippen molar-refractivity contribution in [1.82, 2.24) is 9.80 Å². The van der Waals surface area contributed by atoms with Gasteiger partial charge in [-0.15, -0.1) is 11.3 Å². The van der Waals surface area contributed by atoms with E-state index in [9.17, 15) is 9.59 Å². The van der Waals surface area contributed by atoms with E-state index in [4.69, 9.17) is 9.47 Å². The number of hydrogen-bond acceptors (Lipinski definition) is 5. The lowest BCUT2D eigenvalue weighted by atomic mass is 10.0. The van der Waals surface area contributed by atoms with Gasteiger partial charge in [-0.25, -0.2) is 4.79 Å². The molecule has 2 amide bonds. The second-order valence-electron chi connectivity index (χ2n) is 6.68. The number of carbonyl (C=O) groups excluding carboxylic acids is 2. The van der Waals surface area contributed by atoms with Crippen LogP contribution in [-0.2, 0) is 11.3 Å². The summed E-state index contributed by atoms with van der Waals surface area (Å²) in [5.41, 5.74) is 3.31. The predicted octanol–water partition coefficient (Wildman–Crippen LogP) is 3.53. The summed E-state index contributed by atoms with van der Waals surface area (Å²) in [6.07, 6.45) is -0.305. The molecular formula is C20H22N2O4S. The van der Waals surface area contributed by atoms with Crippen LogP contribution in [0.25, 0.3) is 10.4 Å². The summed E-state index contributed by atoms with van der Waals surface area (Å²) >= 11 is 1.53. The molecule has 142 valence electrons. The monoisotopic (exact) mass is 386 g/mol. The summed E-state index contributed by atoms with van der Waals surface area (Å²) in [5.74, 6) is 0.902. The molecule has 1 fully saturated rings. The van der Waals surface area contributed by atoms with E-state index in [1.54, 1.807) is 11.8 Å². The molecule has 2 aliphatic heterocycles. The van der Waals surface area contributed by atoms with E-state index in [0.717, 1.165) is 32.2 Å². The molecule has 1 aromatic carbocycles. The van der Waals surface area contributed by atoms with E-state index in [0.29, 0.717) is 39.4 Å². The Bertz CT molecular complexity index is 884. The van der Waals surface area contributed by atoms with Crippen molar-refractivity contribution < 1.29 is 19.1 Å². The van der Waals surface area contributed by atoms with Gasteiger partial charge in [0.05, 0.1) is 11.5 Å². The number of piperazine rings is 1. The van der Waals surface area contributed by atoms with E-state index >= 15 is 0 Å². The smallest absolute Gasteiger partial charge is 0.409 e. The summed E-state index contributed by atoms with van der Waals surface area (Å²) in [5, 5.41) is 0. The number of carbonyl (C=O) groups is 2. The Morgan fingerprint density at radius 1 is 1.19 bits per heavy atom. The molecular weight excluding hydrogens is 364 g/mol. The first kappa shape index (κ1) is 17.9. The largest absolute Gasteiger partial charge is 0.488 e. The molecule has 0 saturated carbocycles. The van der Waals surface area contributed by atoms with Crippen molar-refractivity contribution in [1.29, 1.82) is 0 Å². The molecule has 2 aromatic rings. The van der Waals surface area contributed by atoms with Crippen LogP contribution >= 0.6 is 11.3 Å². The maximum Gasteiger partial charge on any atom is 0.409 e. The fourth-order valence-electron chi connectivity index (χ4n) is 3.52. The molecule has 0 atom stereocenters. The van der Waals surface area contributed by atoms with Crippen LogP contribution in [0.3, 0.4) is 0 Å². The molecule has 6 nitrogen and oxygen atoms in total. The standard InChI is InChI=1S/C20H22N2O4S/c1-3-25-20(24)22-9-7-21(8-10-22)19(23)16-11-14-12-26-15-6-4-5-13(2)17(15)18(14)27-16/h4-6,11H,3,7-10,12H2,1-2H3. The van der Waals surface area contributed by atoms with Crippen molar-refractivity contribution in [2.24, 2.45) is 0 Å². The maximum atomic E-state index is 13.0. The van der Waals surface area contributed by atoms with Crippen molar-refractivity contribution >= 4 is 23.3 Å². The number of aryl methyl sites for hydroxylation is 1. The third kappa shape index (κ3) is 3.27. The number of ether oxygens (including phenoxy) is 2. The van der Waals surface area contributed by atoms with E-state index < -0.39 is 0 Å². The minimum atomic E-state index is -0.305. The summed E-state index contributed by atoms with van der Waals surface area (Å²) in [6.45, 7) is 6.75. The average Bonchev–Trinajstić information content (AvgIpc) is 3.12. The summed E-state index contributed by atoms with van der Waals surface area (Å²) < 4.78 is 10.9. The summed E-state index contributed by atoms with van der Waals surface area (Å²) in [7, 11) is 0. The van der Waals surface area contributed by atoms with E-state index in [2.05, 4.69) is 13.0 Å². The van der Waals surface area contributed by atoms with Crippen LogP contribution in [-0.4, -0.2) is 54.6 Å². The number of thiophene rings is 1. The molecule has 7 heteroatoms. The molecule has 0 spiro atoms. The predicted molar refractivity (Wildman–Crippen MR) is 103 cm³/mol. The number of rotatable bonds is 2. The van der Waals surface area contributed by atoms with Crippen LogP contribution in [0, 0.1) is 6.92 Å². The van der Waals surface area contributed by atoms with Crippen molar-refractivity contribution in [3.8, 4) is 16.2 Å². The lowest BCUT2D eigenvalue weighted by Gasteiger charge is -2.33. The molecule has 1 aromatic heterocycles. The van der Waals surface area contributed by atoms with Gasteiger partial charge in [-0.3, -0.25) is 4.79 Å². The molecule has 2 aliphatic rings. The van der Waals surface area contributed by atoms with Crippen LogP contribution in [0.1, 0.15) is 27.7 Å². The molecule has 0 radical (unpaired) electrons. The van der Waals surface area contributed by atoms with Crippen molar-refractivity contribution in [3.05, 3.63) is 40.3 Å². The zero-order valence-electron chi connectivity index (χ0n) is 15.5. The first-order valence-corrected chi connectivity index (χ1v) is 9.96. The van der Waals surface area contributed by atoms with Crippen LogP contribution in [0.2, 0.25) is 0 Å². The van der Waals surface area contributed by atoms with Crippen molar-refractivity contribution in [2.75, 3.05) is 32.8 Å². The number of hydrogen-bond donors (Lipinski definition) is 0. The van der Waals surface area contributed by atoms with E-state index in [1.165, 1.54) is 11.3 Å². The van der Waals surface area contributed by atoms with Gasteiger partial charge in [-0.1, -0.05) is 12.1 Å². The van der Waals surface area contributed by atoms with Crippen LogP contribution in [0.4, 0.5) is 4.79 Å². The molecule has 0 aliphatic carbocycles. The Labute approximate surface area is 162 Å². The molecule has 3 heterocycles. The lowest BCUT2D eigenvalue weighted by molar-refractivity contribution is 0.0574. The van der Waals surface area contributed by atoms with Gasteiger partial charge in [0.15, 0.2) is 0 Å². The van der Waals surface area contributed by atoms with Gasteiger partial charge in [-0.05, 0) is 31.5 Å². The van der Waals surface area contributed by atoms with Gasteiger partial charge < -0.3 is 19.3 Å². The lowest BCUT2D eigenvalue weighted by Crippen LogP contribution is -2.50. The minimum absolute atomic E-state index is 0.0213. The van der Waals surface area contributed by atoms with Crippen LogP contribution in [0.5, 0.6) is 5.75 Å². The Kier molecular flexibility index (Phi) is 4.78. The van der Waals surface area contributed by atoms with Crippen LogP contribution < -0.4 is 4.74 Å². The molecule has 1 saturated heterocycles. The van der Waals surface area contributed by atoms with Crippen molar-refractivity contribution in [2.45, 2.75) is 20.5 Å². The van der Waals surface area contributed by atoms with Gasteiger partial charge in [-0.2, -0.15) is 0 Å². The highest BCUT2D eigenvalue weighted by atomic mass is 32.1. The van der Waals surface area contributed by atoms with Gasteiger partial charge >= 0.3 is 6.09 Å². The number of nitrogens with zero attached hydrogens (tertiary/aromatic N) is 2. The maximum absolute atomic E-state index is 13.0. The molecule has 0 unspecified atom stereocenters. The highest BCUT2D eigenvalue weighted by molar-refractivity contribution is 7.17. The first-order valence-electron chi connectivity index (χ1n) is 9.15. The van der Waals surface area contributed by atoms with Gasteiger partial charge in [0.2, 0.25) is 0 Å². The SMILES string of the molecule is CCOC(=O)N1CCN(C(=O)c2cc3c(s2)-c2c(C)cccc2OC3)CC1. The second-order valence-corrected chi connectivity index (χ2v) is 7.73. The fourth-order valence-corrected chi connectivity index (χ4v) is 4.77. The summed E-state index contributed by atoms with van der Waals surface area (Å²) in [4.78, 5) is 30.1. The zero-order chi connectivity index (χ0) is 19.0. The number of fused-ring (bicyclic) bond motifs is 3. The van der Waals surface area contributed by atoms with E-state index in [-0.39, 0.29) is 12.0 Å². The zero-order valence-corrected chi connectivity index (χ0v) is 16.3. The highest BCUT2D eigenvalue weighted by Crippen LogP contribution is 2.44. The Morgan fingerprint density at radius 2 is 1.93 bits per heavy atom. The third-order valence-electron chi connectivity index (χ3n) is 4.96. The minimum Gasteiger partial charge on any atom is -0.488 e. The fraction of sp³-hybridized carbons (Fsp3) is 0.400. The number of amides is 2. The third-order valence-corrected chi connectivity index (χ3v) is 6.14. The first-order chi connectivity index (χ1) is 13.1. The number of benzene rings is 1.